The van der Waals surface area contributed by atoms with Crippen LogP contribution in [0.5, 0.6) is 5.75 Å². The molecular weight excluding hydrogens is 487 g/mol. The third-order valence-electron chi connectivity index (χ3n) is 4.88. The van der Waals surface area contributed by atoms with Crippen molar-refractivity contribution in [3.05, 3.63) is 69.0 Å². The Morgan fingerprint density at radius 2 is 1.72 bits per heavy atom. The zero-order valence-electron chi connectivity index (χ0n) is 17.8. The van der Waals surface area contributed by atoms with Gasteiger partial charge in [0, 0.05) is 16.2 Å². The number of carbonyl (C=O) groups is 2. The van der Waals surface area contributed by atoms with Crippen molar-refractivity contribution >= 4 is 58.1 Å². The highest BCUT2D eigenvalue weighted by Gasteiger charge is 2.30. The van der Waals surface area contributed by atoms with Crippen LogP contribution >= 0.6 is 46.3 Å². The van der Waals surface area contributed by atoms with Gasteiger partial charge in [0.25, 0.3) is 0 Å². The number of ketones is 1. The van der Waals surface area contributed by atoms with Gasteiger partial charge in [0.1, 0.15) is 10.8 Å². The number of ether oxygens (including phenoxy) is 1. The van der Waals surface area contributed by atoms with Crippen LogP contribution in [0.3, 0.4) is 0 Å². The first-order valence-electron chi connectivity index (χ1n) is 9.79. The molecule has 1 heterocycles. The minimum Gasteiger partial charge on any atom is -0.478 e. The summed E-state index contributed by atoms with van der Waals surface area (Å²) in [6.07, 6.45) is 2.73. The van der Waals surface area contributed by atoms with Crippen LogP contribution in [0.2, 0.25) is 10.0 Å². The number of thiophene rings is 1. The molecule has 4 nitrogen and oxygen atoms in total. The normalized spacial score (nSPS) is 11.4. The van der Waals surface area contributed by atoms with Crippen LogP contribution in [0.25, 0.3) is 10.4 Å². The van der Waals surface area contributed by atoms with Crippen LogP contribution in [0.4, 0.5) is 0 Å². The summed E-state index contributed by atoms with van der Waals surface area (Å²) < 4.78 is 5.50. The van der Waals surface area contributed by atoms with E-state index in [1.165, 1.54) is 30.1 Å². The van der Waals surface area contributed by atoms with E-state index >= 15 is 0 Å². The first-order chi connectivity index (χ1) is 15.1. The highest BCUT2D eigenvalue weighted by atomic mass is 35.5. The topological polar surface area (TPSA) is 63.6 Å². The average molecular weight is 509 g/mol. The molecule has 0 amide bonds. The van der Waals surface area contributed by atoms with Crippen LogP contribution in [-0.4, -0.2) is 28.7 Å². The predicted octanol–water partition coefficient (Wildman–Crippen LogP) is 7.50. The number of Topliss-reactive ketones (excluding diaryl/α,β-unsaturated/α-hetero) is 1. The van der Waals surface area contributed by atoms with Crippen molar-refractivity contribution in [1.82, 2.24) is 0 Å². The molecule has 1 aromatic heterocycles. The van der Waals surface area contributed by atoms with Crippen molar-refractivity contribution in [3.8, 4) is 16.2 Å². The molecule has 3 rings (SSSR count). The molecule has 168 valence electrons. The van der Waals surface area contributed by atoms with Gasteiger partial charge in [-0.25, -0.2) is 4.79 Å². The Bertz CT molecular complexity index is 1140. The maximum absolute atomic E-state index is 12.7. The molecule has 0 aliphatic rings. The van der Waals surface area contributed by atoms with Crippen molar-refractivity contribution in [3.63, 3.8) is 0 Å². The molecule has 0 saturated carbocycles. The summed E-state index contributed by atoms with van der Waals surface area (Å²) in [7, 11) is 0. The number of halogens is 2. The predicted molar refractivity (Wildman–Crippen MR) is 133 cm³/mol. The van der Waals surface area contributed by atoms with E-state index in [1.807, 2.05) is 18.4 Å². The number of hydrogen-bond acceptors (Lipinski definition) is 5. The van der Waals surface area contributed by atoms with E-state index in [-0.39, 0.29) is 28.0 Å². The van der Waals surface area contributed by atoms with E-state index in [0.717, 1.165) is 10.4 Å². The Labute approximate surface area is 205 Å². The molecule has 0 spiro atoms. The average Bonchev–Trinajstić information content (AvgIpc) is 3.26. The zero-order chi connectivity index (χ0) is 23.5. The van der Waals surface area contributed by atoms with Crippen molar-refractivity contribution in [1.29, 1.82) is 0 Å². The van der Waals surface area contributed by atoms with E-state index in [0.29, 0.717) is 16.9 Å². The lowest BCUT2D eigenvalue weighted by Gasteiger charge is -2.23. The summed E-state index contributed by atoms with van der Waals surface area (Å²) in [6, 6.07) is 15.4. The Kier molecular flexibility index (Phi) is 7.93. The van der Waals surface area contributed by atoms with Crippen molar-refractivity contribution in [2.24, 2.45) is 0 Å². The summed E-state index contributed by atoms with van der Waals surface area (Å²) in [5, 5.41) is 9.63. The van der Waals surface area contributed by atoms with Gasteiger partial charge in [-0.1, -0.05) is 41.4 Å². The Morgan fingerprint density at radius 1 is 1.03 bits per heavy atom. The van der Waals surface area contributed by atoms with Crippen LogP contribution in [0.15, 0.2) is 53.4 Å². The Hall–Kier alpha value is -1.99. The quantitative estimate of drug-likeness (QED) is 0.239. The lowest BCUT2D eigenvalue weighted by Crippen LogP contribution is -2.38. The van der Waals surface area contributed by atoms with Crippen LogP contribution in [0.1, 0.15) is 35.5 Å². The fourth-order valence-corrected chi connectivity index (χ4v) is 4.79. The molecule has 0 atom stereocenters. The number of aryl methyl sites for hydroxylation is 1. The van der Waals surface area contributed by atoms with Gasteiger partial charge in [-0.2, -0.15) is 0 Å². The second kappa shape index (κ2) is 10.3. The van der Waals surface area contributed by atoms with Gasteiger partial charge in [0.2, 0.25) is 0 Å². The minimum atomic E-state index is -1.45. The highest BCUT2D eigenvalue weighted by molar-refractivity contribution is 7.98. The summed E-state index contributed by atoms with van der Waals surface area (Å²) in [5.74, 6) is -0.897. The molecule has 0 radical (unpaired) electrons. The largest absolute Gasteiger partial charge is 0.478 e. The molecule has 8 heteroatoms. The summed E-state index contributed by atoms with van der Waals surface area (Å²) in [6.45, 7) is 2.86. The van der Waals surface area contributed by atoms with Crippen molar-refractivity contribution in [2.45, 2.75) is 37.2 Å². The number of rotatable bonds is 9. The molecule has 0 unspecified atom stereocenters. The number of thioether (sulfide) groups is 1. The number of carboxylic acids is 1. The van der Waals surface area contributed by atoms with Gasteiger partial charge in [-0.05, 0) is 68.0 Å². The van der Waals surface area contributed by atoms with E-state index < -0.39 is 11.6 Å². The van der Waals surface area contributed by atoms with Gasteiger partial charge >= 0.3 is 5.97 Å². The van der Waals surface area contributed by atoms with E-state index in [9.17, 15) is 14.7 Å². The third kappa shape index (κ3) is 5.67. The number of aliphatic carboxylic acids is 1. The molecule has 0 aliphatic heterocycles. The van der Waals surface area contributed by atoms with Gasteiger partial charge < -0.3 is 9.84 Å². The maximum atomic E-state index is 12.7. The smallest absolute Gasteiger partial charge is 0.347 e. The number of benzene rings is 2. The van der Waals surface area contributed by atoms with Crippen LogP contribution in [0, 0.1) is 0 Å². The van der Waals surface area contributed by atoms with Gasteiger partial charge in [0.15, 0.2) is 11.4 Å². The Morgan fingerprint density at radius 3 is 2.34 bits per heavy atom. The number of carbonyl (C=O) groups excluding carboxylic acids is 1. The molecule has 32 heavy (non-hydrogen) atoms. The molecule has 1 N–H and O–H groups in total. The first-order valence-corrected chi connectivity index (χ1v) is 12.6. The lowest BCUT2D eigenvalue weighted by molar-refractivity contribution is -0.152. The standard InChI is InChI=1S/C24H22Cl2O4S2/c1-24(2,23(28)29)30-18-11-7-15(21(25)22(18)26)6-10-17(27)20-13-12-19(32-20)14-4-8-16(31-3)9-5-14/h4-5,7-9,11-13H,6,10H2,1-3H3,(H,28,29). The Balaban J connectivity index is 1.68. The molecule has 3 aromatic rings. The summed E-state index contributed by atoms with van der Waals surface area (Å²) >= 11 is 15.8. The fraction of sp³-hybridized carbons (Fsp3) is 0.250. The molecule has 0 aliphatic carbocycles. The van der Waals surface area contributed by atoms with Crippen LogP contribution < -0.4 is 4.74 Å². The highest BCUT2D eigenvalue weighted by Crippen LogP contribution is 2.37. The number of carboxylic acid groups (broad SMARTS) is 1. The van der Waals surface area contributed by atoms with E-state index in [4.69, 9.17) is 27.9 Å². The molecule has 0 fully saturated rings. The summed E-state index contributed by atoms with van der Waals surface area (Å²) in [4.78, 5) is 26.9. The SMILES string of the molecule is CSc1ccc(-c2ccc(C(=O)CCc3ccc(OC(C)(C)C(=O)O)c(Cl)c3Cl)s2)cc1. The van der Waals surface area contributed by atoms with E-state index in [2.05, 4.69) is 24.3 Å². The summed E-state index contributed by atoms with van der Waals surface area (Å²) in [5.41, 5.74) is 0.341. The lowest BCUT2D eigenvalue weighted by atomic mass is 10.1. The third-order valence-corrected chi connectivity index (χ3v) is 7.71. The number of hydrogen-bond donors (Lipinski definition) is 1. The molecule has 0 bridgehead atoms. The maximum Gasteiger partial charge on any atom is 0.347 e. The monoisotopic (exact) mass is 508 g/mol. The zero-order valence-corrected chi connectivity index (χ0v) is 20.9. The molecule has 0 saturated heterocycles. The van der Waals surface area contributed by atoms with Gasteiger partial charge in [0.05, 0.1) is 9.90 Å². The van der Waals surface area contributed by atoms with E-state index in [1.54, 1.807) is 23.9 Å². The van der Waals surface area contributed by atoms with Crippen molar-refractivity contribution in [2.75, 3.05) is 6.26 Å². The second-order valence-corrected chi connectivity index (χ2v) is 10.3. The van der Waals surface area contributed by atoms with Gasteiger partial charge in [-0.3, -0.25) is 4.79 Å². The molecule has 2 aromatic carbocycles. The second-order valence-electron chi connectivity index (χ2n) is 7.58. The van der Waals surface area contributed by atoms with Crippen molar-refractivity contribution < 1.29 is 19.4 Å². The molecular formula is C24H22Cl2O4S2. The fourth-order valence-electron chi connectivity index (χ4n) is 2.93. The van der Waals surface area contributed by atoms with Gasteiger partial charge in [-0.15, -0.1) is 23.1 Å². The van der Waals surface area contributed by atoms with Crippen LogP contribution in [-0.2, 0) is 11.2 Å². The first kappa shape index (κ1) is 24.6. The minimum absolute atomic E-state index is 0.0292.